The quantitative estimate of drug-likeness (QED) is 0.774. The van der Waals surface area contributed by atoms with Gasteiger partial charge in [-0.05, 0) is 31.5 Å². The van der Waals surface area contributed by atoms with Crippen molar-refractivity contribution in [2.75, 3.05) is 13.2 Å². The number of halogens is 2. The Morgan fingerprint density at radius 2 is 2.25 bits per heavy atom. The molecule has 1 aromatic carbocycles. The molecule has 3 N–H and O–H groups in total. The first-order chi connectivity index (χ1) is 13.5. The Balaban J connectivity index is 1.44. The lowest BCUT2D eigenvalue weighted by Crippen LogP contribution is -2.47. The molecule has 3 heterocycles. The van der Waals surface area contributed by atoms with Crippen LogP contribution in [0.1, 0.15) is 46.8 Å². The molecule has 1 saturated heterocycles. The van der Waals surface area contributed by atoms with Crippen LogP contribution in [0.3, 0.4) is 0 Å². The summed E-state index contributed by atoms with van der Waals surface area (Å²) in [6, 6.07) is 2.82. The van der Waals surface area contributed by atoms with Crippen LogP contribution in [0, 0.1) is 11.6 Å². The topological polar surface area (TPSA) is 93.5 Å². The van der Waals surface area contributed by atoms with Gasteiger partial charge >= 0.3 is 5.97 Å². The van der Waals surface area contributed by atoms with E-state index in [1.165, 1.54) is 0 Å². The van der Waals surface area contributed by atoms with Gasteiger partial charge in [-0.1, -0.05) is 0 Å². The van der Waals surface area contributed by atoms with Gasteiger partial charge in [0, 0.05) is 36.3 Å². The van der Waals surface area contributed by atoms with E-state index < -0.39 is 29.7 Å². The van der Waals surface area contributed by atoms with Crippen molar-refractivity contribution in [3.63, 3.8) is 0 Å². The first-order valence-electron chi connectivity index (χ1n) is 9.27. The zero-order chi connectivity index (χ0) is 19.8. The Morgan fingerprint density at radius 1 is 1.43 bits per heavy atom. The number of fused-ring (bicyclic) bond motifs is 1. The van der Waals surface area contributed by atoms with Crippen molar-refractivity contribution in [2.24, 2.45) is 5.73 Å². The number of carbonyl (C=O) groups is 1. The maximum Gasteiger partial charge on any atom is 0.359 e. The highest BCUT2D eigenvalue weighted by atomic mass is 19.1. The molecule has 1 aromatic heterocycles. The van der Waals surface area contributed by atoms with Gasteiger partial charge in [0.1, 0.15) is 17.7 Å². The SMILES string of the molecule is CCOC(=O)c1n[nH]c2c1CN([C@H]1CO[C@H](c3cc(F)ccc3F)[C@@H](N)C1)C2. The van der Waals surface area contributed by atoms with Crippen LogP contribution < -0.4 is 5.73 Å². The van der Waals surface area contributed by atoms with E-state index >= 15 is 0 Å². The highest BCUT2D eigenvalue weighted by Crippen LogP contribution is 2.34. The molecular weight excluding hydrogens is 370 g/mol. The van der Waals surface area contributed by atoms with Gasteiger partial charge in [-0.2, -0.15) is 5.10 Å². The summed E-state index contributed by atoms with van der Waals surface area (Å²) >= 11 is 0. The molecule has 28 heavy (non-hydrogen) atoms. The molecule has 1 fully saturated rings. The number of nitrogens with one attached hydrogen (secondary N) is 1. The number of benzene rings is 1. The standard InChI is InChI=1S/C19H22F2N4O3/c1-2-27-19(26)17-13-7-25(8-16(13)23-24-17)11-6-15(22)18(28-9-11)12-5-10(20)3-4-14(12)21/h3-5,11,15,18H,2,6-9,22H2,1H3,(H,23,24)/t11-,15+,18-/m1/s1. The average molecular weight is 392 g/mol. The van der Waals surface area contributed by atoms with Gasteiger partial charge in [-0.25, -0.2) is 13.6 Å². The molecule has 0 saturated carbocycles. The number of carbonyl (C=O) groups excluding carboxylic acids is 1. The second-order valence-corrected chi connectivity index (χ2v) is 7.13. The Morgan fingerprint density at radius 3 is 3.00 bits per heavy atom. The summed E-state index contributed by atoms with van der Waals surface area (Å²) in [6.45, 7) is 3.48. The van der Waals surface area contributed by atoms with E-state index in [0.29, 0.717) is 31.8 Å². The van der Waals surface area contributed by atoms with E-state index in [1.807, 2.05) is 0 Å². The highest BCUT2D eigenvalue weighted by molar-refractivity contribution is 5.89. The Hall–Kier alpha value is -2.36. The second kappa shape index (κ2) is 7.57. The molecule has 3 atom stereocenters. The second-order valence-electron chi connectivity index (χ2n) is 7.13. The lowest BCUT2D eigenvalue weighted by molar-refractivity contribution is -0.0533. The van der Waals surface area contributed by atoms with Gasteiger partial charge in [0.25, 0.3) is 0 Å². The molecule has 0 radical (unpaired) electrons. The molecule has 0 unspecified atom stereocenters. The molecule has 0 amide bonds. The van der Waals surface area contributed by atoms with Gasteiger partial charge in [-0.3, -0.25) is 10.00 Å². The Labute approximate surface area is 160 Å². The summed E-state index contributed by atoms with van der Waals surface area (Å²) < 4.78 is 38.5. The van der Waals surface area contributed by atoms with Crippen LogP contribution in [0.4, 0.5) is 8.78 Å². The predicted molar refractivity (Wildman–Crippen MR) is 95.2 cm³/mol. The van der Waals surface area contributed by atoms with Crippen molar-refractivity contribution in [3.05, 3.63) is 52.3 Å². The van der Waals surface area contributed by atoms with Crippen LogP contribution in [-0.4, -0.2) is 46.4 Å². The smallest absolute Gasteiger partial charge is 0.359 e. The molecule has 4 rings (SSSR count). The molecule has 9 heteroatoms. The van der Waals surface area contributed by atoms with Crippen LogP contribution in [0.5, 0.6) is 0 Å². The third-order valence-electron chi connectivity index (χ3n) is 5.33. The molecule has 2 aliphatic heterocycles. The summed E-state index contributed by atoms with van der Waals surface area (Å²) in [4.78, 5) is 14.2. The number of nitrogens with two attached hydrogens (primary N) is 1. The molecule has 150 valence electrons. The van der Waals surface area contributed by atoms with Crippen LogP contribution in [0.2, 0.25) is 0 Å². The predicted octanol–water partition coefficient (Wildman–Crippen LogP) is 2.04. The fourth-order valence-corrected chi connectivity index (χ4v) is 3.94. The van der Waals surface area contributed by atoms with Crippen LogP contribution in [0.25, 0.3) is 0 Å². The van der Waals surface area contributed by atoms with Gasteiger partial charge < -0.3 is 15.2 Å². The van der Waals surface area contributed by atoms with Gasteiger partial charge in [-0.15, -0.1) is 0 Å². The van der Waals surface area contributed by atoms with Gasteiger partial charge in [0.15, 0.2) is 5.69 Å². The van der Waals surface area contributed by atoms with Crippen molar-refractivity contribution in [1.29, 1.82) is 0 Å². The number of ether oxygens (including phenoxy) is 2. The Kier molecular flexibility index (Phi) is 5.13. The molecule has 7 nitrogen and oxygen atoms in total. The van der Waals surface area contributed by atoms with E-state index in [9.17, 15) is 13.6 Å². The minimum atomic E-state index is -0.691. The fraction of sp³-hybridized carbons (Fsp3) is 0.474. The zero-order valence-electron chi connectivity index (χ0n) is 15.5. The van der Waals surface area contributed by atoms with Crippen LogP contribution in [0.15, 0.2) is 18.2 Å². The number of nitrogens with zero attached hydrogens (tertiary/aromatic N) is 2. The third-order valence-corrected chi connectivity index (χ3v) is 5.33. The summed E-state index contributed by atoms with van der Waals surface area (Å²) in [5.41, 5.74) is 8.40. The molecule has 2 aromatic rings. The third kappa shape index (κ3) is 3.41. The summed E-state index contributed by atoms with van der Waals surface area (Å²) in [5.74, 6) is -1.49. The van der Waals surface area contributed by atoms with Crippen LogP contribution in [-0.2, 0) is 22.6 Å². The number of hydrogen-bond acceptors (Lipinski definition) is 6. The van der Waals surface area contributed by atoms with Crippen molar-refractivity contribution < 1.29 is 23.0 Å². The molecule has 2 aliphatic rings. The van der Waals surface area contributed by atoms with Crippen LogP contribution >= 0.6 is 0 Å². The van der Waals surface area contributed by atoms with Gasteiger partial charge in [0.2, 0.25) is 0 Å². The number of aromatic nitrogens is 2. The lowest BCUT2D eigenvalue weighted by atomic mass is 9.93. The minimum Gasteiger partial charge on any atom is -0.461 e. The summed E-state index contributed by atoms with van der Waals surface area (Å²) in [6.07, 6.45) is -0.128. The van der Waals surface area contributed by atoms with Crippen molar-refractivity contribution in [2.45, 2.75) is 44.6 Å². The fourth-order valence-electron chi connectivity index (χ4n) is 3.94. The monoisotopic (exact) mass is 392 g/mol. The molecular formula is C19H22F2N4O3. The minimum absolute atomic E-state index is 0.00119. The zero-order valence-corrected chi connectivity index (χ0v) is 15.5. The Bertz CT molecular complexity index is 888. The average Bonchev–Trinajstić information content (AvgIpc) is 3.24. The van der Waals surface area contributed by atoms with E-state index in [0.717, 1.165) is 29.5 Å². The van der Waals surface area contributed by atoms with E-state index in [4.69, 9.17) is 15.2 Å². The number of hydrogen-bond donors (Lipinski definition) is 2. The molecule has 0 spiro atoms. The van der Waals surface area contributed by atoms with E-state index in [1.54, 1.807) is 6.92 Å². The number of H-pyrrole nitrogens is 1. The molecule has 0 aliphatic carbocycles. The number of rotatable bonds is 4. The largest absolute Gasteiger partial charge is 0.461 e. The van der Waals surface area contributed by atoms with Crippen molar-refractivity contribution in [1.82, 2.24) is 15.1 Å². The lowest BCUT2D eigenvalue weighted by Gasteiger charge is -2.38. The maximum absolute atomic E-state index is 14.1. The number of esters is 1. The maximum atomic E-state index is 14.1. The van der Waals surface area contributed by atoms with Gasteiger partial charge in [0.05, 0.1) is 18.9 Å². The first kappa shape index (κ1) is 19.0. The summed E-state index contributed by atoms with van der Waals surface area (Å²) in [5, 5.41) is 6.96. The van der Waals surface area contributed by atoms with E-state index in [-0.39, 0.29) is 18.2 Å². The highest BCUT2D eigenvalue weighted by Gasteiger charge is 2.38. The normalized spacial score (nSPS) is 24.9. The number of aromatic amines is 1. The summed E-state index contributed by atoms with van der Waals surface area (Å²) in [7, 11) is 0. The van der Waals surface area contributed by atoms with E-state index in [2.05, 4.69) is 15.1 Å². The first-order valence-corrected chi connectivity index (χ1v) is 9.27. The van der Waals surface area contributed by atoms with Crippen molar-refractivity contribution >= 4 is 5.97 Å². The molecule has 0 bridgehead atoms. The van der Waals surface area contributed by atoms with Crippen molar-refractivity contribution in [3.8, 4) is 0 Å².